The highest BCUT2D eigenvalue weighted by atomic mass is 32.1. The van der Waals surface area contributed by atoms with Gasteiger partial charge in [0.25, 0.3) is 5.91 Å². The number of para-hydroxylation sites is 1. The maximum atomic E-state index is 12.6. The van der Waals surface area contributed by atoms with Gasteiger partial charge in [-0.05, 0) is 72.7 Å². The van der Waals surface area contributed by atoms with Crippen LogP contribution in [0.3, 0.4) is 0 Å². The number of anilines is 1. The van der Waals surface area contributed by atoms with Crippen LogP contribution in [0, 0.1) is 0 Å². The van der Waals surface area contributed by atoms with Crippen molar-refractivity contribution in [2.45, 2.75) is 13.3 Å². The number of nitrogens with one attached hydrogen (secondary N) is 2. The van der Waals surface area contributed by atoms with Gasteiger partial charge in [0.1, 0.15) is 17.1 Å². The Balaban J connectivity index is 1.52. The molecular formula is C27H24N2O5S. The second-order valence-corrected chi connectivity index (χ2v) is 8.09. The highest BCUT2D eigenvalue weighted by molar-refractivity contribution is 7.80. The molecule has 0 atom stereocenters. The SMILES string of the molecule is CCCOc1ccc(C(=O)NC(=S)Nc2cc(-c3cc4ccccc4oc3=O)ccc2OC)cc1. The molecule has 7 nitrogen and oxygen atoms in total. The second kappa shape index (κ2) is 10.8. The summed E-state index contributed by atoms with van der Waals surface area (Å²) >= 11 is 5.35. The molecule has 4 aromatic rings. The van der Waals surface area contributed by atoms with Crippen LogP contribution in [0.5, 0.6) is 11.5 Å². The van der Waals surface area contributed by atoms with E-state index in [1.54, 1.807) is 54.6 Å². The highest BCUT2D eigenvalue weighted by Gasteiger charge is 2.14. The zero-order valence-corrected chi connectivity index (χ0v) is 20.1. The van der Waals surface area contributed by atoms with Crippen molar-refractivity contribution in [2.24, 2.45) is 0 Å². The first-order valence-electron chi connectivity index (χ1n) is 11.0. The van der Waals surface area contributed by atoms with E-state index in [2.05, 4.69) is 10.6 Å². The number of hydrogen-bond acceptors (Lipinski definition) is 6. The summed E-state index contributed by atoms with van der Waals surface area (Å²) in [4.78, 5) is 25.2. The Bertz CT molecular complexity index is 1430. The van der Waals surface area contributed by atoms with Gasteiger partial charge in [0.2, 0.25) is 0 Å². The first-order chi connectivity index (χ1) is 17.0. The molecule has 2 N–H and O–H groups in total. The van der Waals surface area contributed by atoms with Crippen molar-refractivity contribution in [3.63, 3.8) is 0 Å². The van der Waals surface area contributed by atoms with Gasteiger partial charge in [0, 0.05) is 10.9 Å². The number of thiocarbonyl (C=S) groups is 1. The molecule has 0 saturated heterocycles. The molecule has 3 aromatic carbocycles. The summed E-state index contributed by atoms with van der Waals surface area (Å²) in [5.74, 6) is 0.826. The molecule has 0 radical (unpaired) electrons. The molecule has 0 aliphatic rings. The third-order valence-electron chi connectivity index (χ3n) is 5.22. The van der Waals surface area contributed by atoms with Crippen LogP contribution in [0.4, 0.5) is 5.69 Å². The minimum absolute atomic E-state index is 0.0855. The Hall–Kier alpha value is -4.17. The van der Waals surface area contributed by atoms with Crippen molar-refractivity contribution in [2.75, 3.05) is 19.0 Å². The molecule has 178 valence electrons. The maximum Gasteiger partial charge on any atom is 0.344 e. The molecule has 0 aliphatic heterocycles. The molecule has 4 rings (SSSR count). The molecule has 35 heavy (non-hydrogen) atoms. The minimum atomic E-state index is -0.456. The van der Waals surface area contributed by atoms with Crippen molar-refractivity contribution >= 4 is 39.9 Å². The number of benzene rings is 3. The summed E-state index contributed by atoms with van der Waals surface area (Å²) in [5, 5.41) is 6.54. The van der Waals surface area contributed by atoms with Crippen LogP contribution < -0.4 is 25.7 Å². The topological polar surface area (TPSA) is 89.8 Å². The number of carbonyl (C=O) groups excluding carboxylic acids is 1. The van der Waals surface area contributed by atoms with Gasteiger partial charge in [-0.15, -0.1) is 0 Å². The maximum absolute atomic E-state index is 12.6. The lowest BCUT2D eigenvalue weighted by Gasteiger charge is -2.14. The van der Waals surface area contributed by atoms with E-state index in [4.69, 9.17) is 26.1 Å². The average Bonchev–Trinajstić information content (AvgIpc) is 2.87. The van der Waals surface area contributed by atoms with Crippen molar-refractivity contribution < 1.29 is 18.7 Å². The van der Waals surface area contributed by atoms with Gasteiger partial charge in [-0.3, -0.25) is 10.1 Å². The van der Waals surface area contributed by atoms with Gasteiger partial charge in [-0.2, -0.15) is 0 Å². The predicted molar refractivity (Wildman–Crippen MR) is 140 cm³/mol. The summed E-state index contributed by atoms with van der Waals surface area (Å²) in [5.41, 5.74) is 2.00. The number of amides is 1. The Morgan fingerprint density at radius 1 is 1.03 bits per heavy atom. The quantitative estimate of drug-likeness (QED) is 0.266. The third kappa shape index (κ3) is 5.67. The third-order valence-corrected chi connectivity index (χ3v) is 5.42. The monoisotopic (exact) mass is 488 g/mol. The Morgan fingerprint density at radius 2 is 1.80 bits per heavy atom. The van der Waals surface area contributed by atoms with E-state index in [9.17, 15) is 9.59 Å². The number of hydrogen-bond donors (Lipinski definition) is 2. The Labute approximate surface area is 207 Å². The lowest BCUT2D eigenvalue weighted by Crippen LogP contribution is -2.34. The molecule has 1 heterocycles. The van der Waals surface area contributed by atoms with Gasteiger partial charge in [0.15, 0.2) is 5.11 Å². The van der Waals surface area contributed by atoms with Gasteiger partial charge in [-0.25, -0.2) is 4.79 Å². The van der Waals surface area contributed by atoms with E-state index in [1.165, 1.54) is 7.11 Å². The lowest BCUT2D eigenvalue weighted by atomic mass is 10.0. The van der Waals surface area contributed by atoms with Crippen LogP contribution >= 0.6 is 12.2 Å². The van der Waals surface area contributed by atoms with E-state index in [0.717, 1.165) is 11.8 Å². The highest BCUT2D eigenvalue weighted by Crippen LogP contribution is 2.30. The molecule has 0 fully saturated rings. The van der Waals surface area contributed by atoms with Gasteiger partial charge in [-0.1, -0.05) is 31.2 Å². The summed E-state index contributed by atoms with van der Waals surface area (Å²) in [6.07, 6.45) is 0.901. The molecule has 1 aromatic heterocycles. The zero-order chi connectivity index (χ0) is 24.8. The summed E-state index contributed by atoms with van der Waals surface area (Å²) in [7, 11) is 1.52. The molecule has 0 bridgehead atoms. The largest absolute Gasteiger partial charge is 0.495 e. The van der Waals surface area contributed by atoms with Crippen LogP contribution in [-0.4, -0.2) is 24.7 Å². The van der Waals surface area contributed by atoms with Gasteiger partial charge in [0.05, 0.1) is 25.0 Å². The minimum Gasteiger partial charge on any atom is -0.495 e. The Morgan fingerprint density at radius 3 is 2.54 bits per heavy atom. The zero-order valence-electron chi connectivity index (χ0n) is 19.3. The number of fused-ring (bicyclic) bond motifs is 1. The lowest BCUT2D eigenvalue weighted by molar-refractivity contribution is 0.0977. The van der Waals surface area contributed by atoms with Crippen LogP contribution in [0.1, 0.15) is 23.7 Å². The van der Waals surface area contributed by atoms with Crippen LogP contribution in [0.15, 0.2) is 82.0 Å². The van der Waals surface area contributed by atoms with E-state index < -0.39 is 5.63 Å². The first-order valence-corrected chi connectivity index (χ1v) is 11.5. The summed E-state index contributed by atoms with van der Waals surface area (Å²) < 4.78 is 16.4. The van der Waals surface area contributed by atoms with E-state index in [0.29, 0.717) is 46.1 Å². The molecular weight excluding hydrogens is 464 g/mol. The fourth-order valence-electron chi connectivity index (χ4n) is 3.49. The smallest absolute Gasteiger partial charge is 0.344 e. The van der Waals surface area contributed by atoms with E-state index in [-0.39, 0.29) is 11.0 Å². The van der Waals surface area contributed by atoms with Gasteiger partial charge < -0.3 is 19.2 Å². The standard InChI is InChI=1S/C27H24N2O5S/c1-3-14-33-20-11-8-17(9-12-20)25(30)29-27(35)28-22-16-18(10-13-24(22)32-2)21-15-19-6-4-5-7-23(19)34-26(21)31/h4-13,15-16H,3,14H2,1-2H3,(H2,28,29,30,35). The molecule has 0 spiro atoms. The number of carbonyl (C=O) groups is 1. The second-order valence-electron chi connectivity index (χ2n) is 7.68. The van der Waals surface area contributed by atoms with Crippen LogP contribution in [0.2, 0.25) is 0 Å². The predicted octanol–water partition coefficient (Wildman–Crippen LogP) is 5.38. The normalized spacial score (nSPS) is 10.6. The van der Waals surface area contributed by atoms with Crippen molar-refractivity contribution in [1.29, 1.82) is 0 Å². The molecule has 0 unspecified atom stereocenters. The fraction of sp³-hybridized carbons (Fsp3) is 0.148. The average molecular weight is 489 g/mol. The first kappa shape index (κ1) is 24.0. The summed E-state index contributed by atoms with van der Waals surface area (Å²) in [6, 6.07) is 21.1. The summed E-state index contributed by atoms with van der Waals surface area (Å²) in [6.45, 7) is 2.64. The number of methoxy groups -OCH3 is 1. The Kier molecular flexibility index (Phi) is 7.42. The fourth-order valence-corrected chi connectivity index (χ4v) is 3.69. The van der Waals surface area contributed by atoms with Gasteiger partial charge >= 0.3 is 5.63 Å². The number of rotatable bonds is 7. The molecule has 8 heteroatoms. The van der Waals surface area contributed by atoms with Crippen LogP contribution in [-0.2, 0) is 0 Å². The molecule has 0 aliphatic carbocycles. The van der Waals surface area contributed by atoms with Crippen molar-refractivity contribution in [1.82, 2.24) is 5.32 Å². The van der Waals surface area contributed by atoms with Crippen molar-refractivity contribution in [3.8, 4) is 22.6 Å². The molecule has 1 amide bonds. The van der Waals surface area contributed by atoms with Crippen molar-refractivity contribution in [3.05, 3.63) is 88.8 Å². The number of ether oxygens (including phenoxy) is 2. The van der Waals surface area contributed by atoms with E-state index >= 15 is 0 Å². The van der Waals surface area contributed by atoms with Crippen LogP contribution in [0.25, 0.3) is 22.1 Å². The van der Waals surface area contributed by atoms with E-state index in [1.807, 2.05) is 25.1 Å². The molecule has 0 saturated carbocycles.